The lowest BCUT2D eigenvalue weighted by atomic mass is 9.95. The Morgan fingerprint density at radius 3 is 2.44 bits per heavy atom. The minimum Gasteiger partial charge on any atom is -0.103 e. The van der Waals surface area contributed by atoms with Gasteiger partial charge < -0.3 is 0 Å². The standard InChI is InChI=1S/C16H28/c1-3-4-5-6-7-8-11-15(2)14-16-12-9-10-13-16/h3,16H,1-2,4-14H2. The van der Waals surface area contributed by atoms with Gasteiger partial charge in [0.25, 0.3) is 0 Å². The number of hydrogen-bond donors (Lipinski definition) is 0. The molecule has 1 fully saturated rings. The van der Waals surface area contributed by atoms with Crippen molar-refractivity contribution in [3.05, 3.63) is 24.8 Å². The summed E-state index contributed by atoms with van der Waals surface area (Å²) < 4.78 is 0. The Bertz CT molecular complexity index is 196. The van der Waals surface area contributed by atoms with Crippen LogP contribution in [0.25, 0.3) is 0 Å². The molecule has 0 radical (unpaired) electrons. The van der Waals surface area contributed by atoms with Crippen LogP contribution in [0, 0.1) is 5.92 Å². The molecule has 1 aliphatic rings. The summed E-state index contributed by atoms with van der Waals surface area (Å²) in [5.41, 5.74) is 1.51. The molecule has 0 N–H and O–H groups in total. The zero-order chi connectivity index (χ0) is 11.6. The molecule has 0 aromatic heterocycles. The molecule has 0 heterocycles. The van der Waals surface area contributed by atoms with Crippen molar-refractivity contribution in [2.45, 2.75) is 70.6 Å². The molecule has 0 unspecified atom stereocenters. The van der Waals surface area contributed by atoms with Gasteiger partial charge in [-0.25, -0.2) is 0 Å². The summed E-state index contributed by atoms with van der Waals surface area (Å²) in [6, 6.07) is 0. The molecule has 0 spiro atoms. The second kappa shape index (κ2) is 8.61. The molecule has 0 heteroatoms. The zero-order valence-electron chi connectivity index (χ0n) is 10.8. The number of rotatable bonds is 9. The van der Waals surface area contributed by atoms with Crippen molar-refractivity contribution >= 4 is 0 Å². The van der Waals surface area contributed by atoms with Gasteiger partial charge in [-0.1, -0.05) is 56.8 Å². The van der Waals surface area contributed by atoms with Crippen LogP contribution >= 0.6 is 0 Å². The number of unbranched alkanes of at least 4 members (excludes halogenated alkanes) is 4. The van der Waals surface area contributed by atoms with E-state index in [1.54, 1.807) is 0 Å². The van der Waals surface area contributed by atoms with Crippen LogP contribution in [-0.2, 0) is 0 Å². The fraction of sp³-hybridized carbons (Fsp3) is 0.750. The van der Waals surface area contributed by atoms with Gasteiger partial charge in [0.05, 0.1) is 0 Å². The van der Waals surface area contributed by atoms with E-state index < -0.39 is 0 Å². The first-order chi connectivity index (χ1) is 7.83. The molecule has 0 atom stereocenters. The van der Waals surface area contributed by atoms with Crippen molar-refractivity contribution in [3.63, 3.8) is 0 Å². The Balaban J connectivity index is 1.91. The molecule has 0 aromatic rings. The van der Waals surface area contributed by atoms with Crippen LogP contribution in [0.3, 0.4) is 0 Å². The third kappa shape index (κ3) is 6.15. The summed E-state index contributed by atoms with van der Waals surface area (Å²) in [6.07, 6.45) is 17.0. The maximum Gasteiger partial charge on any atom is -0.0294 e. The third-order valence-electron chi connectivity index (χ3n) is 3.74. The van der Waals surface area contributed by atoms with E-state index in [9.17, 15) is 0 Å². The van der Waals surface area contributed by atoms with Crippen molar-refractivity contribution in [3.8, 4) is 0 Å². The van der Waals surface area contributed by atoms with Crippen molar-refractivity contribution in [2.24, 2.45) is 5.92 Å². The topological polar surface area (TPSA) is 0 Å². The maximum atomic E-state index is 4.24. The molecule has 1 rings (SSSR count). The van der Waals surface area contributed by atoms with Crippen molar-refractivity contribution in [2.75, 3.05) is 0 Å². The van der Waals surface area contributed by atoms with Crippen LogP contribution in [0.5, 0.6) is 0 Å². The summed E-state index contributed by atoms with van der Waals surface area (Å²) in [5, 5.41) is 0. The molecule has 0 bridgehead atoms. The molecule has 0 nitrogen and oxygen atoms in total. The minimum atomic E-state index is 0.980. The normalized spacial score (nSPS) is 16.5. The lowest BCUT2D eigenvalue weighted by Gasteiger charge is -2.11. The third-order valence-corrected chi connectivity index (χ3v) is 3.74. The number of allylic oxidation sites excluding steroid dienone is 2. The Hall–Kier alpha value is -0.520. The molecule has 1 saturated carbocycles. The second-order valence-corrected chi connectivity index (χ2v) is 5.35. The van der Waals surface area contributed by atoms with Crippen molar-refractivity contribution in [1.29, 1.82) is 0 Å². The van der Waals surface area contributed by atoms with E-state index in [1.807, 2.05) is 6.08 Å². The molecule has 0 aromatic carbocycles. The van der Waals surface area contributed by atoms with Gasteiger partial charge >= 0.3 is 0 Å². The number of hydrogen-bond acceptors (Lipinski definition) is 0. The van der Waals surface area contributed by atoms with Gasteiger partial charge in [-0.05, 0) is 38.0 Å². The second-order valence-electron chi connectivity index (χ2n) is 5.35. The summed E-state index contributed by atoms with van der Waals surface area (Å²) in [4.78, 5) is 0. The predicted molar refractivity (Wildman–Crippen MR) is 73.6 cm³/mol. The van der Waals surface area contributed by atoms with Crippen molar-refractivity contribution in [1.82, 2.24) is 0 Å². The predicted octanol–water partition coefficient (Wildman–Crippen LogP) is 5.65. The largest absolute Gasteiger partial charge is 0.103 e. The molecule has 0 saturated heterocycles. The summed E-state index contributed by atoms with van der Waals surface area (Å²) in [5.74, 6) is 0.980. The Morgan fingerprint density at radius 2 is 1.75 bits per heavy atom. The Kier molecular flexibility index (Phi) is 7.29. The summed E-state index contributed by atoms with van der Waals surface area (Å²) in [6.45, 7) is 7.99. The van der Waals surface area contributed by atoms with Gasteiger partial charge in [-0.2, -0.15) is 0 Å². The van der Waals surface area contributed by atoms with E-state index in [-0.39, 0.29) is 0 Å². The average Bonchev–Trinajstić information content (AvgIpc) is 2.76. The van der Waals surface area contributed by atoms with E-state index in [0.717, 1.165) is 5.92 Å². The first kappa shape index (κ1) is 13.5. The van der Waals surface area contributed by atoms with Gasteiger partial charge in [0.2, 0.25) is 0 Å². The molecule has 1 aliphatic carbocycles. The highest BCUT2D eigenvalue weighted by Gasteiger charge is 2.15. The van der Waals surface area contributed by atoms with E-state index in [0.29, 0.717) is 0 Å². The minimum absolute atomic E-state index is 0.980. The smallest absolute Gasteiger partial charge is 0.0294 e. The van der Waals surface area contributed by atoms with E-state index in [1.165, 1.54) is 76.2 Å². The molecule has 0 amide bonds. The lowest BCUT2D eigenvalue weighted by molar-refractivity contribution is 0.527. The highest BCUT2D eigenvalue weighted by Crippen LogP contribution is 2.30. The van der Waals surface area contributed by atoms with Gasteiger partial charge in [0.1, 0.15) is 0 Å². The summed E-state index contributed by atoms with van der Waals surface area (Å²) in [7, 11) is 0. The highest BCUT2D eigenvalue weighted by molar-refractivity contribution is 4.96. The fourth-order valence-electron chi connectivity index (χ4n) is 2.74. The van der Waals surface area contributed by atoms with Crippen LogP contribution in [0.2, 0.25) is 0 Å². The lowest BCUT2D eigenvalue weighted by Crippen LogP contribution is -1.95. The fourth-order valence-corrected chi connectivity index (χ4v) is 2.74. The molecule has 16 heavy (non-hydrogen) atoms. The first-order valence-electron chi connectivity index (χ1n) is 7.10. The van der Waals surface area contributed by atoms with Crippen LogP contribution in [-0.4, -0.2) is 0 Å². The van der Waals surface area contributed by atoms with Gasteiger partial charge in [-0.15, -0.1) is 6.58 Å². The SMILES string of the molecule is C=CCCCCCCC(=C)CC1CCCC1. The van der Waals surface area contributed by atoms with E-state index in [2.05, 4.69) is 13.2 Å². The first-order valence-corrected chi connectivity index (χ1v) is 7.10. The Labute approximate surface area is 102 Å². The highest BCUT2D eigenvalue weighted by atomic mass is 14.2. The monoisotopic (exact) mass is 220 g/mol. The van der Waals surface area contributed by atoms with Crippen LogP contribution in [0.15, 0.2) is 24.8 Å². The maximum absolute atomic E-state index is 4.24. The molecular weight excluding hydrogens is 192 g/mol. The average molecular weight is 220 g/mol. The van der Waals surface area contributed by atoms with Gasteiger partial charge in [0, 0.05) is 0 Å². The van der Waals surface area contributed by atoms with Crippen LogP contribution in [0.4, 0.5) is 0 Å². The molecule has 0 aliphatic heterocycles. The van der Waals surface area contributed by atoms with E-state index >= 15 is 0 Å². The van der Waals surface area contributed by atoms with Gasteiger partial charge in [-0.3, -0.25) is 0 Å². The van der Waals surface area contributed by atoms with E-state index in [4.69, 9.17) is 0 Å². The van der Waals surface area contributed by atoms with Crippen LogP contribution in [0.1, 0.15) is 70.6 Å². The van der Waals surface area contributed by atoms with Crippen molar-refractivity contribution < 1.29 is 0 Å². The molecular formula is C16H28. The molecule has 92 valence electrons. The Morgan fingerprint density at radius 1 is 1.06 bits per heavy atom. The summed E-state index contributed by atoms with van der Waals surface area (Å²) >= 11 is 0. The zero-order valence-corrected chi connectivity index (χ0v) is 10.8. The van der Waals surface area contributed by atoms with Gasteiger partial charge in [0.15, 0.2) is 0 Å². The van der Waals surface area contributed by atoms with Crippen LogP contribution < -0.4 is 0 Å². The quantitative estimate of drug-likeness (QED) is 0.348.